The van der Waals surface area contributed by atoms with Gasteiger partial charge in [0, 0.05) is 36.2 Å². The van der Waals surface area contributed by atoms with Gasteiger partial charge in [-0.25, -0.2) is 0 Å². The second-order valence-corrected chi connectivity index (χ2v) is 6.23. The fraction of sp³-hybridized carbons (Fsp3) is 0.500. The third-order valence-corrected chi connectivity index (χ3v) is 4.55. The number of benzene rings is 1. The fourth-order valence-corrected chi connectivity index (χ4v) is 3.19. The lowest BCUT2D eigenvalue weighted by Crippen LogP contribution is -2.49. The van der Waals surface area contributed by atoms with Crippen LogP contribution in [0.15, 0.2) is 21.1 Å². The average Bonchev–Trinajstić information content (AvgIpc) is 2.39. The van der Waals surface area contributed by atoms with Gasteiger partial charge >= 0.3 is 6.18 Å². The number of phenolic OH excluding ortho intramolecular Hbond substituents is 1. The molecule has 8 heteroatoms. The van der Waals surface area contributed by atoms with E-state index < -0.39 is 12.2 Å². The van der Waals surface area contributed by atoms with E-state index in [1.165, 1.54) is 17.0 Å². The van der Waals surface area contributed by atoms with Crippen LogP contribution < -0.4 is 5.32 Å². The van der Waals surface area contributed by atoms with Crippen molar-refractivity contribution < 1.29 is 18.3 Å². The first-order valence-corrected chi connectivity index (χ1v) is 7.59. The third kappa shape index (κ3) is 3.29. The summed E-state index contributed by atoms with van der Waals surface area (Å²) in [7, 11) is 0. The Morgan fingerprint density at radius 1 is 1.15 bits per heavy atom. The molecule has 0 spiro atoms. The molecule has 1 atom stereocenters. The standard InChI is InChI=1S/C12H13Br2F3N2O/c13-7-1-2-8(14)10(20)9(7)11(12(15,16)17)19-5-3-18-4-6-19/h1-2,11,18,20H,3-6H2/t11-/m0/s1. The van der Waals surface area contributed by atoms with Crippen molar-refractivity contribution in [2.45, 2.75) is 12.2 Å². The zero-order valence-electron chi connectivity index (χ0n) is 10.3. The van der Waals surface area contributed by atoms with Gasteiger partial charge in [0.15, 0.2) is 0 Å². The van der Waals surface area contributed by atoms with E-state index in [0.717, 1.165) is 0 Å². The van der Waals surface area contributed by atoms with Crippen LogP contribution in [-0.2, 0) is 0 Å². The highest BCUT2D eigenvalue weighted by molar-refractivity contribution is 9.11. The van der Waals surface area contributed by atoms with Gasteiger partial charge in [0.2, 0.25) is 0 Å². The zero-order chi connectivity index (χ0) is 14.9. The highest BCUT2D eigenvalue weighted by atomic mass is 79.9. The Hall–Kier alpha value is -0.310. The van der Waals surface area contributed by atoms with Crippen molar-refractivity contribution in [2.24, 2.45) is 0 Å². The lowest BCUT2D eigenvalue weighted by atomic mass is 10.0. The summed E-state index contributed by atoms with van der Waals surface area (Å²) in [5.41, 5.74) is -0.145. The molecule has 112 valence electrons. The Morgan fingerprint density at radius 3 is 2.25 bits per heavy atom. The minimum Gasteiger partial charge on any atom is -0.506 e. The number of halogens is 5. The van der Waals surface area contributed by atoms with Crippen molar-refractivity contribution in [3.8, 4) is 5.75 Å². The molecule has 2 rings (SSSR count). The number of piperazine rings is 1. The van der Waals surface area contributed by atoms with E-state index in [9.17, 15) is 18.3 Å². The topological polar surface area (TPSA) is 35.5 Å². The lowest BCUT2D eigenvalue weighted by Gasteiger charge is -2.36. The molecule has 1 aromatic rings. The van der Waals surface area contributed by atoms with Crippen molar-refractivity contribution in [3.05, 3.63) is 26.6 Å². The van der Waals surface area contributed by atoms with E-state index in [1.807, 2.05) is 0 Å². The summed E-state index contributed by atoms with van der Waals surface area (Å²) < 4.78 is 40.9. The van der Waals surface area contributed by atoms with Crippen LogP contribution in [0.1, 0.15) is 11.6 Å². The normalized spacial score (nSPS) is 19.1. The smallest absolute Gasteiger partial charge is 0.408 e. The molecular weight excluding hydrogens is 405 g/mol. The Balaban J connectivity index is 2.49. The highest BCUT2D eigenvalue weighted by Crippen LogP contribution is 2.46. The van der Waals surface area contributed by atoms with E-state index in [4.69, 9.17) is 0 Å². The predicted molar refractivity (Wildman–Crippen MR) is 76.7 cm³/mol. The number of nitrogens with one attached hydrogen (secondary N) is 1. The third-order valence-electron chi connectivity index (χ3n) is 3.21. The molecule has 0 bridgehead atoms. The number of hydrogen-bond acceptors (Lipinski definition) is 3. The molecule has 1 aromatic carbocycles. The quantitative estimate of drug-likeness (QED) is 0.773. The largest absolute Gasteiger partial charge is 0.506 e. The van der Waals surface area contributed by atoms with Gasteiger partial charge in [0.1, 0.15) is 11.8 Å². The van der Waals surface area contributed by atoms with Crippen LogP contribution >= 0.6 is 31.9 Å². The van der Waals surface area contributed by atoms with Crippen LogP contribution in [0.25, 0.3) is 0 Å². The fourth-order valence-electron chi connectivity index (χ4n) is 2.31. The first kappa shape index (κ1) is 16.1. The predicted octanol–water partition coefficient (Wildman–Crippen LogP) is 3.43. The van der Waals surface area contributed by atoms with Gasteiger partial charge in [0.25, 0.3) is 0 Å². The summed E-state index contributed by atoms with van der Waals surface area (Å²) in [5.74, 6) is -0.375. The van der Waals surface area contributed by atoms with E-state index in [0.29, 0.717) is 13.1 Å². The Labute approximate surface area is 131 Å². The molecule has 2 N–H and O–H groups in total. The summed E-state index contributed by atoms with van der Waals surface area (Å²) in [6, 6.07) is 1.19. The number of aromatic hydroxyl groups is 1. The van der Waals surface area contributed by atoms with Crippen molar-refractivity contribution >= 4 is 31.9 Å². The van der Waals surface area contributed by atoms with E-state index in [2.05, 4.69) is 37.2 Å². The minimum atomic E-state index is -4.46. The number of hydrogen-bond donors (Lipinski definition) is 2. The molecule has 0 radical (unpaired) electrons. The molecule has 3 nitrogen and oxygen atoms in total. The van der Waals surface area contributed by atoms with Gasteiger partial charge in [-0.1, -0.05) is 15.9 Å². The van der Waals surface area contributed by atoms with Gasteiger partial charge in [0.05, 0.1) is 4.47 Å². The second-order valence-electron chi connectivity index (χ2n) is 4.52. The van der Waals surface area contributed by atoms with Crippen molar-refractivity contribution in [1.29, 1.82) is 0 Å². The van der Waals surface area contributed by atoms with Crippen LogP contribution in [0, 0.1) is 0 Å². The van der Waals surface area contributed by atoms with Crippen LogP contribution in [-0.4, -0.2) is 42.4 Å². The first-order valence-electron chi connectivity index (χ1n) is 6.00. The molecule has 0 saturated carbocycles. The Morgan fingerprint density at radius 2 is 1.70 bits per heavy atom. The second kappa shape index (κ2) is 6.21. The molecule has 1 aliphatic rings. The SMILES string of the molecule is Oc1c(Br)ccc(Br)c1[C@H](N1CCNCC1)C(F)(F)F. The van der Waals surface area contributed by atoms with Crippen molar-refractivity contribution in [1.82, 2.24) is 10.2 Å². The molecule has 1 aliphatic heterocycles. The number of alkyl halides is 3. The number of phenols is 1. The van der Waals surface area contributed by atoms with Crippen LogP contribution in [0.2, 0.25) is 0 Å². The van der Waals surface area contributed by atoms with E-state index >= 15 is 0 Å². The maximum Gasteiger partial charge on any atom is 0.408 e. The molecule has 0 aromatic heterocycles. The summed E-state index contributed by atoms with van der Waals surface area (Å²) in [6.07, 6.45) is -4.46. The van der Waals surface area contributed by atoms with Gasteiger partial charge < -0.3 is 10.4 Å². The number of nitrogens with zero attached hydrogens (tertiary/aromatic N) is 1. The van der Waals surface area contributed by atoms with Crippen molar-refractivity contribution in [3.63, 3.8) is 0 Å². The Kier molecular flexibility index (Phi) is 4.99. The summed E-state index contributed by atoms with van der Waals surface area (Å²) in [4.78, 5) is 1.34. The van der Waals surface area contributed by atoms with E-state index in [-0.39, 0.29) is 33.3 Å². The van der Waals surface area contributed by atoms with Gasteiger partial charge in [-0.3, -0.25) is 4.90 Å². The maximum absolute atomic E-state index is 13.5. The Bertz CT molecular complexity index is 490. The summed E-state index contributed by atoms with van der Waals surface area (Å²) >= 11 is 6.19. The van der Waals surface area contributed by atoms with Gasteiger partial charge in [-0.05, 0) is 28.1 Å². The van der Waals surface area contributed by atoms with Crippen LogP contribution in [0.4, 0.5) is 13.2 Å². The molecule has 0 aliphatic carbocycles. The first-order chi connectivity index (χ1) is 9.32. The molecule has 0 unspecified atom stereocenters. The van der Waals surface area contributed by atoms with Gasteiger partial charge in [-0.2, -0.15) is 13.2 Å². The molecular formula is C12H13Br2F3N2O. The molecule has 1 fully saturated rings. The summed E-state index contributed by atoms with van der Waals surface area (Å²) in [5, 5.41) is 13.0. The highest BCUT2D eigenvalue weighted by Gasteiger charge is 2.47. The van der Waals surface area contributed by atoms with Crippen LogP contribution in [0.5, 0.6) is 5.75 Å². The lowest BCUT2D eigenvalue weighted by molar-refractivity contribution is -0.188. The molecule has 1 saturated heterocycles. The summed E-state index contributed by atoms with van der Waals surface area (Å²) in [6.45, 7) is 1.56. The maximum atomic E-state index is 13.5. The molecule has 1 heterocycles. The monoisotopic (exact) mass is 416 g/mol. The molecule has 0 amide bonds. The van der Waals surface area contributed by atoms with Gasteiger partial charge in [-0.15, -0.1) is 0 Å². The van der Waals surface area contributed by atoms with Crippen molar-refractivity contribution in [2.75, 3.05) is 26.2 Å². The molecule has 20 heavy (non-hydrogen) atoms. The minimum absolute atomic E-state index is 0.145. The zero-order valence-corrected chi connectivity index (χ0v) is 13.5. The van der Waals surface area contributed by atoms with Crippen LogP contribution in [0.3, 0.4) is 0 Å². The average molecular weight is 418 g/mol. The number of rotatable bonds is 2. The van der Waals surface area contributed by atoms with E-state index in [1.54, 1.807) is 0 Å².